The fourth-order valence-electron chi connectivity index (χ4n) is 1.93. The number of halogens is 2. The van der Waals surface area contributed by atoms with Gasteiger partial charge in [0.1, 0.15) is 0 Å². The molecule has 0 fully saturated rings. The maximum Gasteiger partial charge on any atom is 0.387 e. The molecule has 0 aliphatic carbocycles. The van der Waals surface area contributed by atoms with Crippen LogP contribution in [0.25, 0.3) is 0 Å². The van der Waals surface area contributed by atoms with Crippen LogP contribution >= 0.6 is 0 Å². The van der Waals surface area contributed by atoms with Gasteiger partial charge in [0, 0.05) is 36.3 Å². The van der Waals surface area contributed by atoms with E-state index in [-0.39, 0.29) is 6.04 Å². The first-order valence-corrected chi connectivity index (χ1v) is 6.37. The summed E-state index contributed by atoms with van der Waals surface area (Å²) in [5.41, 5.74) is 0.859. The number of pyridine rings is 1. The lowest BCUT2D eigenvalue weighted by atomic mass is 10.1. The molecule has 0 spiro atoms. The second kappa shape index (κ2) is 6.79. The van der Waals surface area contributed by atoms with Crippen LogP contribution in [0.4, 0.5) is 20.2 Å². The van der Waals surface area contributed by atoms with E-state index >= 15 is 0 Å². The van der Waals surface area contributed by atoms with Crippen molar-refractivity contribution in [1.82, 2.24) is 4.98 Å². The lowest BCUT2D eigenvalue weighted by Crippen LogP contribution is -2.08. The normalized spacial score (nSPS) is 12.0. The summed E-state index contributed by atoms with van der Waals surface area (Å²) in [6.07, 6.45) is 3.27. The third-order valence-electron chi connectivity index (χ3n) is 2.96. The highest BCUT2D eigenvalue weighted by Crippen LogP contribution is 2.32. The Hall–Kier alpha value is -2.77. The van der Waals surface area contributed by atoms with E-state index in [4.69, 9.17) is 0 Å². The van der Waals surface area contributed by atoms with Gasteiger partial charge in [-0.05, 0) is 30.7 Å². The quantitative estimate of drug-likeness (QED) is 0.649. The number of anilines is 1. The summed E-state index contributed by atoms with van der Waals surface area (Å²) in [5.74, 6) is -0.480. The highest BCUT2D eigenvalue weighted by molar-refractivity contribution is 5.58. The number of aromatic nitrogens is 1. The van der Waals surface area contributed by atoms with Gasteiger partial charge >= 0.3 is 12.3 Å². The van der Waals surface area contributed by atoms with E-state index in [0.717, 1.165) is 11.6 Å². The summed E-state index contributed by atoms with van der Waals surface area (Å²) >= 11 is 0. The van der Waals surface area contributed by atoms with E-state index < -0.39 is 23.0 Å². The van der Waals surface area contributed by atoms with Gasteiger partial charge in [0.25, 0.3) is 0 Å². The Morgan fingerprint density at radius 2 is 1.95 bits per heavy atom. The number of benzene rings is 1. The van der Waals surface area contributed by atoms with Crippen LogP contribution in [0.15, 0.2) is 42.7 Å². The highest BCUT2D eigenvalue weighted by atomic mass is 19.3. The van der Waals surface area contributed by atoms with Gasteiger partial charge in [0.2, 0.25) is 5.75 Å². The fraction of sp³-hybridized carbons (Fsp3) is 0.214. The van der Waals surface area contributed by atoms with Gasteiger partial charge in [-0.3, -0.25) is 15.1 Å². The molecule has 0 bridgehead atoms. The van der Waals surface area contributed by atoms with Crippen LogP contribution < -0.4 is 10.1 Å². The summed E-state index contributed by atoms with van der Waals surface area (Å²) in [7, 11) is 0. The molecule has 2 rings (SSSR count). The summed E-state index contributed by atoms with van der Waals surface area (Å²) in [6, 6.07) is 7.22. The minimum absolute atomic E-state index is 0.135. The number of rotatable bonds is 6. The van der Waals surface area contributed by atoms with Gasteiger partial charge in [-0.25, -0.2) is 0 Å². The predicted molar refractivity (Wildman–Crippen MR) is 76.0 cm³/mol. The first kappa shape index (κ1) is 15.6. The molecular formula is C14H13F2N3O3. The van der Waals surface area contributed by atoms with Crippen molar-refractivity contribution in [3.8, 4) is 5.75 Å². The molecule has 1 aromatic carbocycles. The summed E-state index contributed by atoms with van der Waals surface area (Å²) in [5, 5.41) is 13.9. The van der Waals surface area contributed by atoms with Crippen LogP contribution in [-0.4, -0.2) is 16.5 Å². The molecule has 0 saturated carbocycles. The van der Waals surface area contributed by atoms with Crippen molar-refractivity contribution in [3.05, 3.63) is 58.4 Å². The molecule has 0 unspecified atom stereocenters. The van der Waals surface area contributed by atoms with E-state index in [1.54, 1.807) is 24.5 Å². The third kappa shape index (κ3) is 3.87. The molecular weight excluding hydrogens is 296 g/mol. The molecule has 1 N–H and O–H groups in total. The van der Waals surface area contributed by atoms with Gasteiger partial charge < -0.3 is 10.1 Å². The number of hydrogen-bond acceptors (Lipinski definition) is 5. The molecule has 0 saturated heterocycles. The van der Waals surface area contributed by atoms with Gasteiger partial charge in [-0.2, -0.15) is 8.78 Å². The lowest BCUT2D eigenvalue weighted by Gasteiger charge is -2.16. The van der Waals surface area contributed by atoms with E-state index in [0.29, 0.717) is 5.69 Å². The molecule has 0 aliphatic heterocycles. The second-order valence-electron chi connectivity index (χ2n) is 4.46. The first-order chi connectivity index (χ1) is 10.5. The van der Waals surface area contributed by atoms with Crippen LogP contribution in [0.3, 0.4) is 0 Å². The Morgan fingerprint density at radius 3 is 2.55 bits per heavy atom. The van der Waals surface area contributed by atoms with Gasteiger partial charge in [0.05, 0.1) is 4.92 Å². The molecule has 0 amide bonds. The topological polar surface area (TPSA) is 77.3 Å². The molecule has 2 aromatic rings. The number of hydrogen-bond donors (Lipinski definition) is 1. The van der Waals surface area contributed by atoms with Crippen molar-refractivity contribution in [2.75, 3.05) is 5.32 Å². The lowest BCUT2D eigenvalue weighted by molar-refractivity contribution is -0.386. The summed E-state index contributed by atoms with van der Waals surface area (Å²) in [6.45, 7) is -1.27. The summed E-state index contributed by atoms with van der Waals surface area (Å²) < 4.78 is 28.9. The molecule has 22 heavy (non-hydrogen) atoms. The van der Waals surface area contributed by atoms with E-state index in [1.807, 2.05) is 6.92 Å². The molecule has 6 nitrogen and oxygen atoms in total. The molecule has 1 heterocycles. The van der Waals surface area contributed by atoms with Crippen LogP contribution in [0.2, 0.25) is 0 Å². The third-order valence-corrected chi connectivity index (χ3v) is 2.96. The molecule has 0 radical (unpaired) electrons. The Balaban J connectivity index is 2.23. The standard InChI is InChI=1S/C14H13F2N3O3/c1-9(10-4-6-17-7-5-10)18-11-2-3-12(19(20)21)13(8-11)22-14(15)16/h2-9,14,18H,1H3/t9-/m0/s1. The average molecular weight is 309 g/mol. The largest absolute Gasteiger partial charge is 0.427 e. The van der Waals surface area contributed by atoms with Crippen molar-refractivity contribution < 1.29 is 18.4 Å². The maximum absolute atomic E-state index is 12.4. The zero-order valence-electron chi connectivity index (χ0n) is 11.6. The van der Waals surface area contributed by atoms with Crippen LogP contribution in [0.1, 0.15) is 18.5 Å². The number of ether oxygens (including phenoxy) is 1. The van der Waals surface area contributed by atoms with Crippen LogP contribution in [-0.2, 0) is 0 Å². The Morgan fingerprint density at radius 1 is 1.27 bits per heavy atom. The van der Waals surface area contributed by atoms with Crippen LogP contribution in [0, 0.1) is 10.1 Å². The number of nitro groups is 1. The SMILES string of the molecule is C[C@H](Nc1ccc([N+](=O)[O-])c(OC(F)F)c1)c1ccncc1. The average Bonchev–Trinajstić information content (AvgIpc) is 2.47. The predicted octanol–water partition coefficient (Wildman–Crippen LogP) is 3.76. The van der Waals surface area contributed by atoms with Crippen molar-refractivity contribution in [3.63, 3.8) is 0 Å². The van der Waals surface area contributed by atoms with Gasteiger partial charge in [-0.15, -0.1) is 0 Å². The van der Waals surface area contributed by atoms with Gasteiger partial charge in [-0.1, -0.05) is 0 Å². The fourth-order valence-corrected chi connectivity index (χ4v) is 1.93. The Labute approximate surface area is 124 Å². The molecule has 1 aromatic heterocycles. The molecule has 116 valence electrons. The zero-order valence-corrected chi connectivity index (χ0v) is 11.6. The number of nitro benzene ring substituents is 1. The number of alkyl halides is 2. The smallest absolute Gasteiger partial charge is 0.387 e. The zero-order chi connectivity index (χ0) is 16.1. The second-order valence-corrected chi connectivity index (χ2v) is 4.46. The Kier molecular flexibility index (Phi) is 4.82. The Bertz CT molecular complexity index is 653. The number of nitrogens with one attached hydrogen (secondary N) is 1. The van der Waals surface area contributed by atoms with Crippen molar-refractivity contribution >= 4 is 11.4 Å². The minimum Gasteiger partial charge on any atom is -0.427 e. The van der Waals surface area contributed by atoms with Crippen molar-refractivity contribution in [2.45, 2.75) is 19.6 Å². The van der Waals surface area contributed by atoms with E-state index in [2.05, 4.69) is 15.0 Å². The van der Waals surface area contributed by atoms with E-state index in [9.17, 15) is 18.9 Å². The monoisotopic (exact) mass is 309 g/mol. The maximum atomic E-state index is 12.4. The molecule has 1 atom stereocenters. The summed E-state index contributed by atoms with van der Waals surface area (Å²) in [4.78, 5) is 13.9. The number of nitrogens with zero attached hydrogens (tertiary/aromatic N) is 2. The molecule has 0 aliphatic rings. The van der Waals surface area contributed by atoms with E-state index in [1.165, 1.54) is 12.1 Å². The molecule has 8 heteroatoms. The highest BCUT2D eigenvalue weighted by Gasteiger charge is 2.19. The van der Waals surface area contributed by atoms with Crippen LogP contribution in [0.5, 0.6) is 5.75 Å². The minimum atomic E-state index is -3.13. The van der Waals surface area contributed by atoms with Crippen molar-refractivity contribution in [2.24, 2.45) is 0 Å². The first-order valence-electron chi connectivity index (χ1n) is 6.37. The van der Waals surface area contributed by atoms with Crippen molar-refractivity contribution in [1.29, 1.82) is 0 Å². The van der Waals surface area contributed by atoms with Gasteiger partial charge in [0.15, 0.2) is 0 Å².